The molecule has 3 aromatic rings. The first-order valence-corrected chi connectivity index (χ1v) is 14.3. The molecule has 41 heavy (non-hydrogen) atoms. The lowest BCUT2D eigenvalue weighted by Crippen LogP contribution is -2.36. The topological polar surface area (TPSA) is 73.9 Å². The SMILES string of the molecule is CCCOc1ccccc1[C@H]1C(C(=O)OCCc2ccccc2)=C(C)NC2=C1C(=O)C[C@@H](c1ccc(OC)cc1)C2. The number of methoxy groups -OCH3 is 1. The number of allylic oxidation sites excluding steroid dienone is 3. The highest BCUT2D eigenvalue weighted by atomic mass is 16.5. The maximum Gasteiger partial charge on any atom is 0.336 e. The summed E-state index contributed by atoms with van der Waals surface area (Å²) in [7, 11) is 1.64. The number of benzene rings is 3. The lowest BCUT2D eigenvalue weighted by molar-refractivity contribution is -0.139. The summed E-state index contributed by atoms with van der Waals surface area (Å²) >= 11 is 0. The van der Waals surface area contributed by atoms with Crippen LogP contribution >= 0.6 is 0 Å². The minimum absolute atomic E-state index is 0.0250. The molecule has 0 unspecified atom stereocenters. The van der Waals surface area contributed by atoms with Crippen molar-refractivity contribution in [2.24, 2.45) is 0 Å². The second-order valence-electron chi connectivity index (χ2n) is 10.5. The van der Waals surface area contributed by atoms with Crippen molar-refractivity contribution in [1.29, 1.82) is 0 Å². The highest BCUT2D eigenvalue weighted by Crippen LogP contribution is 2.47. The molecule has 5 rings (SSSR count). The van der Waals surface area contributed by atoms with E-state index in [1.165, 1.54) is 0 Å². The summed E-state index contributed by atoms with van der Waals surface area (Å²) in [5.41, 5.74) is 5.63. The first-order valence-electron chi connectivity index (χ1n) is 14.3. The van der Waals surface area contributed by atoms with Gasteiger partial charge < -0.3 is 19.5 Å². The molecule has 3 aromatic carbocycles. The predicted molar refractivity (Wildman–Crippen MR) is 159 cm³/mol. The maximum atomic E-state index is 14.0. The summed E-state index contributed by atoms with van der Waals surface area (Å²) in [6.45, 7) is 4.74. The highest BCUT2D eigenvalue weighted by molar-refractivity contribution is 6.04. The van der Waals surface area contributed by atoms with Gasteiger partial charge in [-0.2, -0.15) is 0 Å². The maximum absolute atomic E-state index is 14.0. The standard InChI is InChI=1S/C35H37NO5/c1-4-19-40-31-13-9-8-12-28(31)33-32(35(38)41-20-18-24-10-6-5-7-11-24)23(2)36-29-21-26(22-30(37)34(29)33)25-14-16-27(39-3)17-15-25/h5-17,26,33,36H,4,18-22H2,1-3H3/t26-,33-/m0/s1. The molecule has 212 valence electrons. The molecule has 1 aliphatic heterocycles. The van der Waals surface area contributed by atoms with E-state index in [-0.39, 0.29) is 18.3 Å². The summed E-state index contributed by atoms with van der Waals surface area (Å²) in [4.78, 5) is 27.7. The van der Waals surface area contributed by atoms with Crippen molar-refractivity contribution in [2.45, 2.75) is 51.4 Å². The molecule has 2 aliphatic rings. The van der Waals surface area contributed by atoms with Gasteiger partial charge in [-0.05, 0) is 55.0 Å². The molecule has 0 amide bonds. The Morgan fingerprint density at radius 3 is 2.39 bits per heavy atom. The van der Waals surface area contributed by atoms with E-state index in [0.717, 1.165) is 34.6 Å². The van der Waals surface area contributed by atoms with Crippen LogP contribution in [0.4, 0.5) is 0 Å². The largest absolute Gasteiger partial charge is 0.497 e. The third-order valence-corrected chi connectivity index (χ3v) is 7.79. The Morgan fingerprint density at radius 1 is 0.927 bits per heavy atom. The molecule has 6 heteroatoms. The van der Waals surface area contributed by atoms with Gasteiger partial charge in [0.25, 0.3) is 0 Å². The lowest BCUT2D eigenvalue weighted by atomic mass is 9.71. The van der Waals surface area contributed by atoms with E-state index in [2.05, 4.69) is 12.2 Å². The van der Waals surface area contributed by atoms with E-state index in [9.17, 15) is 9.59 Å². The molecule has 0 bridgehead atoms. The van der Waals surface area contributed by atoms with Gasteiger partial charge in [0.1, 0.15) is 11.5 Å². The molecule has 0 spiro atoms. The van der Waals surface area contributed by atoms with E-state index < -0.39 is 11.9 Å². The smallest absolute Gasteiger partial charge is 0.336 e. The Hall–Kier alpha value is -4.32. The van der Waals surface area contributed by atoms with Crippen LogP contribution in [0.5, 0.6) is 11.5 Å². The van der Waals surface area contributed by atoms with Crippen molar-refractivity contribution in [2.75, 3.05) is 20.3 Å². The van der Waals surface area contributed by atoms with Crippen LogP contribution in [0, 0.1) is 0 Å². The normalized spacial score (nSPS) is 18.5. The molecule has 1 aliphatic carbocycles. The third kappa shape index (κ3) is 6.22. The molecule has 1 N–H and O–H groups in total. The quantitative estimate of drug-likeness (QED) is 0.285. The molecule has 0 radical (unpaired) electrons. The first-order chi connectivity index (χ1) is 20.0. The summed E-state index contributed by atoms with van der Waals surface area (Å²) in [6.07, 6.45) is 2.48. The second-order valence-corrected chi connectivity index (χ2v) is 10.5. The van der Waals surface area contributed by atoms with E-state index in [1.54, 1.807) is 7.11 Å². The van der Waals surface area contributed by atoms with E-state index in [1.807, 2.05) is 85.8 Å². The number of nitrogens with one attached hydrogen (secondary N) is 1. The average molecular weight is 552 g/mol. The van der Waals surface area contributed by atoms with Crippen LogP contribution in [0.2, 0.25) is 0 Å². The third-order valence-electron chi connectivity index (χ3n) is 7.79. The van der Waals surface area contributed by atoms with E-state index >= 15 is 0 Å². The van der Waals surface area contributed by atoms with Crippen molar-refractivity contribution in [1.82, 2.24) is 5.32 Å². The number of para-hydroxylation sites is 1. The van der Waals surface area contributed by atoms with Crippen LogP contribution < -0.4 is 14.8 Å². The van der Waals surface area contributed by atoms with E-state index in [0.29, 0.717) is 48.5 Å². The number of hydrogen-bond acceptors (Lipinski definition) is 6. The van der Waals surface area contributed by atoms with Crippen molar-refractivity contribution in [3.05, 3.63) is 118 Å². The minimum atomic E-state index is -0.576. The summed E-state index contributed by atoms with van der Waals surface area (Å²) < 4.78 is 17.3. The number of Topliss-reactive ketones (excluding diaryl/α,β-unsaturated/α-hetero) is 1. The minimum Gasteiger partial charge on any atom is -0.497 e. The average Bonchev–Trinajstić information content (AvgIpc) is 3.00. The summed E-state index contributed by atoms with van der Waals surface area (Å²) in [6, 6.07) is 25.6. The van der Waals surface area contributed by atoms with Gasteiger partial charge in [0.15, 0.2) is 5.78 Å². The summed E-state index contributed by atoms with van der Waals surface area (Å²) in [5.74, 6) is 0.520. The van der Waals surface area contributed by atoms with Gasteiger partial charge in [0.2, 0.25) is 0 Å². The molecule has 6 nitrogen and oxygen atoms in total. The molecule has 2 atom stereocenters. The fraction of sp³-hybridized carbons (Fsp3) is 0.314. The molecule has 0 fully saturated rings. The van der Waals surface area contributed by atoms with Crippen molar-refractivity contribution in [3.63, 3.8) is 0 Å². The van der Waals surface area contributed by atoms with Crippen molar-refractivity contribution in [3.8, 4) is 11.5 Å². The van der Waals surface area contributed by atoms with Gasteiger partial charge in [-0.15, -0.1) is 0 Å². The summed E-state index contributed by atoms with van der Waals surface area (Å²) in [5, 5.41) is 3.44. The van der Waals surface area contributed by atoms with Gasteiger partial charge in [-0.3, -0.25) is 4.79 Å². The van der Waals surface area contributed by atoms with Crippen molar-refractivity contribution >= 4 is 11.8 Å². The zero-order valence-corrected chi connectivity index (χ0v) is 23.9. The van der Waals surface area contributed by atoms with Gasteiger partial charge in [0, 0.05) is 35.4 Å². The fourth-order valence-corrected chi connectivity index (χ4v) is 5.78. The number of ketones is 1. The molecule has 0 saturated carbocycles. The number of ether oxygens (including phenoxy) is 3. The highest BCUT2D eigenvalue weighted by Gasteiger charge is 2.42. The number of carbonyl (C=O) groups excluding carboxylic acids is 2. The Kier molecular flexibility index (Phi) is 8.88. The van der Waals surface area contributed by atoms with Crippen LogP contribution in [-0.2, 0) is 20.7 Å². The zero-order valence-electron chi connectivity index (χ0n) is 23.9. The van der Waals surface area contributed by atoms with E-state index in [4.69, 9.17) is 14.2 Å². The number of carbonyl (C=O) groups is 2. The van der Waals surface area contributed by atoms with Crippen LogP contribution in [0.3, 0.4) is 0 Å². The molecule has 0 saturated heterocycles. The van der Waals surface area contributed by atoms with Gasteiger partial charge >= 0.3 is 5.97 Å². The Morgan fingerprint density at radius 2 is 1.66 bits per heavy atom. The molecular weight excluding hydrogens is 514 g/mol. The number of dihydropyridines is 1. The van der Waals surface area contributed by atoms with Crippen LogP contribution in [0.1, 0.15) is 61.6 Å². The number of rotatable bonds is 10. The monoisotopic (exact) mass is 551 g/mol. The predicted octanol–water partition coefficient (Wildman–Crippen LogP) is 6.63. The van der Waals surface area contributed by atoms with Gasteiger partial charge in [0.05, 0.1) is 31.8 Å². The van der Waals surface area contributed by atoms with Crippen LogP contribution in [0.25, 0.3) is 0 Å². The van der Waals surface area contributed by atoms with Crippen molar-refractivity contribution < 1.29 is 23.8 Å². The fourth-order valence-electron chi connectivity index (χ4n) is 5.78. The van der Waals surface area contributed by atoms with Crippen LogP contribution in [-0.4, -0.2) is 32.1 Å². The van der Waals surface area contributed by atoms with Crippen LogP contribution in [0.15, 0.2) is 101 Å². The second kappa shape index (κ2) is 12.9. The molecule has 0 aromatic heterocycles. The Labute approximate surface area is 242 Å². The molecule has 1 heterocycles. The van der Waals surface area contributed by atoms with Gasteiger partial charge in [-0.25, -0.2) is 4.79 Å². The Bertz CT molecular complexity index is 1460. The number of hydrogen-bond donors (Lipinski definition) is 1. The first kappa shape index (κ1) is 28.2. The Balaban J connectivity index is 1.49. The molecular formula is C35H37NO5. The zero-order chi connectivity index (χ0) is 28.8. The van der Waals surface area contributed by atoms with Gasteiger partial charge in [-0.1, -0.05) is 67.6 Å². The number of esters is 1. The lowest BCUT2D eigenvalue weighted by Gasteiger charge is -2.37.